The van der Waals surface area contributed by atoms with E-state index in [2.05, 4.69) is 27.7 Å². The number of halogens is 3. The van der Waals surface area contributed by atoms with Crippen molar-refractivity contribution in [3.05, 3.63) is 0 Å². The SMILES string of the molecule is CCCC[P+](CCCC)(CCCC)CCCC.O=C(O)C(F)(F)F. The maximum atomic E-state index is 10.6. The normalized spacial score (nSPS) is 11.8. The standard InChI is InChI=1S/C16H36P.C2HF3O2/c1-5-9-13-17(14-10-6-2,15-11-7-3)16-12-8-4;3-2(4,5)1(6)7/h5-16H2,1-4H3;(H,6,7)/q+1;. The van der Waals surface area contributed by atoms with Gasteiger partial charge in [-0.15, -0.1) is 0 Å². The van der Waals surface area contributed by atoms with Gasteiger partial charge in [0.2, 0.25) is 0 Å². The minimum atomic E-state index is -5.08. The van der Waals surface area contributed by atoms with Gasteiger partial charge >= 0.3 is 12.1 Å². The lowest BCUT2D eigenvalue weighted by molar-refractivity contribution is -0.192. The lowest BCUT2D eigenvalue weighted by atomic mass is 10.4. The molecule has 6 heteroatoms. The van der Waals surface area contributed by atoms with E-state index in [-0.39, 0.29) is 0 Å². The molecular formula is C18H37F3O2P+. The van der Waals surface area contributed by atoms with Gasteiger partial charge in [-0.25, -0.2) is 4.79 Å². The summed E-state index contributed by atoms with van der Waals surface area (Å²) in [6, 6.07) is 0. The van der Waals surface area contributed by atoms with Crippen LogP contribution in [0, 0.1) is 0 Å². The van der Waals surface area contributed by atoms with Crippen LogP contribution in [0.5, 0.6) is 0 Å². The van der Waals surface area contributed by atoms with Crippen LogP contribution in [0.2, 0.25) is 0 Å². The van der Waals surface area contributed by atoms with Gasteiger partial charge in [0.1, 0.15) is 0 Å². The van der Waals surface area contributed by atoms with E-state index >= 15 is 0 Å². The molecule has 0 aliphatic heterocycles. The molecule has 24 heavy (non-hydrogen) atoms. The molecule has 0 bridgehead atoms. The molecule has 0 amide bonds. The highest BCUT2D eigenvalue weighted by atomic mass is 31.2. The van der Waals surface area contributed by atoms with Crippen LogP contribution in [0.4, 0.5) is 13.2 Å². The van der Waals surface area contributed by atoms with Crippen LogP contribution in [0.15, 0.2) is 0 Å². The van der Waals surface area contributed by atoms with Gasteiger partial charge < -0.3 is 5.11 Å². The van der Waals surface area contributed by atoms with Gasteiger partial charge in [-0.2, -0.15) is 13.2 Å². The third kappa shape index (κ3) is 14.1. The fourth-order valence-corrected chi connectivity index (χ4v) is 7.93. The van der Waals surface area contributed by atoms with E-state index in [0.29, 0.717) is 0 Å². The number of alkyl halides is 3. The van der Waals surface area contributed by atoms with Gasteiger partial charge in [-0.1, -0.05) is 53.4 Å². The first-order chi connectivity index (χ1) is 11.2. The molecule has 0 unspecified atom stereocenters. The molecule has 2 nitrogen and oxygen atoms in total. The van der Waals surface area contributed by atoms with E-state index < -0.39 is 19.4 Å². The summed E-state index contributed by atoms with van der Waals surface area (Å²) in [7, 11) is -0.562. The Morgan fingerprint density at radius 2 is 0.958 bits per heavy atom. The van der Waals surface area contributed by atoms with Crippen molar-refractivity contribution in [3.8, 4) is 0 Å². The smallest absolute Gasteiger partial charge is 0.475 e. The van der Waals surface area contributed by atoms with Crippen LogP contribution in [-0.2, 0) is 4.79 Å². The second kappa shape index (κ2) is 15.0. The minimum Gasteiger partial charge on any atom is -0.475 e. The monoisotopic (exact) mass is 373 g/mol. The highest BCUT2D eigenvalue weighted by Crippen LogP contribution is 2.61. The van der Waals surface area contributed by atoms with E-state index in [4.69, 9.17) is 9.90 Å². The summed E-state index contributed by atoms with van der Waals surface area (Å²) in [5.41, 5.74) is 0. The Kier molecular flexibility index (Phi) is 16.2. The maximum Gasteiger partial charge on any atom is 0.490 e. The van der Waals surface area contributed by atoms with Crippen molar-refractivity contribution in [2.45, 2.75) is 85.2 Å². The summed E-state index contributed by atoms with van der Waals surface area (Å²) in [5.74, 6) is -2.76. The van der Waals surface area contributed by atoms with Gasteiger partial charge in [-0.3, -0.25) is 0 Å². The molecule has 0 fully saturated rings. The number of unbranched alkanes of at least 4 members (excludes halogenated alkanes) is 4. The quantitative estimate of drug-likeness (QED) is 0.380. The third-order valence-corrected chi connectivity index (χ3v) is 9.25. The topological polar surface area (TPSA) is 37.3 Å². The molecule has 0 atom stereocenters. The predicted molar refractivity (Wildman–Crippen MR) is 99.7 cm³/mol. The number of carbonyl (C=O) groups is 1. The van der Waals surface area contributed by atoms with Crippen molar-refractivity contribution in [1.29, 1.82) is 0 Å². The third-order valence-electron chi connectivity index (χ3n) is 4.19. The molecule has 0 aromatic carbocycles. The summed E-state index contributed by atoms with van der Waals surface area (Å²) in [4.78, 5) is 8.90. The molecule has 0 heterocycles. The first-order valence-electron chi connectivity index (χ1n) is 9.34. The van der Waals surface area contributed by atoms with Crippen LogP contribution in [0.3, 0.4) is 0 Å². The first-order valence-corrected chi connectivity index (χ1v) is 11.9. The molecule has 0 aromatic rings. The highest BCUT2D eigenvalue weighted by Gasteiger charge is 2.38. The Hall–Kier alpha value is -0.310. The Bertz CT molecular complexity index is 270. The van der Waals surface area contributed by atoms with Crippen LogP contribution in [-0.4, -0.2) is 41.9 Å². The molecule has 0 spiro atoms. The minimum absolute atomic E-state index is 0.562. The van der Waals surface area contributed by atoms with Crippen LogP contribution in [0.25, 0.3) is 0 Å². The number of rotatable bonds is 12. The van der Waals surface area contributed by atoms with E-state index in [1.807, 2.05) is 0 Å². The zero-order valence-electron chi connectivity index (χ0n) is 15.9. The molecule has 0 aliphatic carbocycles. The zero-order chi connectivity index (χ0) is 19.1. The maximum absolute atomic E-state index is 10.6. The molecule has 0 aliphatic rings. The van der Waals surface area contributed by atoms with Gasteiger partial charge in [0.15, 0.2) is 0 Å². The predicted octanol–water partition coefficient (Wildman–Crippen LogP) is 6.84. The van der Waals surface area contributed by atoms with Crippen molar-refractivity contribution < 1.29 is 23.1 Å². The number of hydrogen-bond acceptors (Lipinski definition) is 1. The van der Waals surface area contributed by atoms with E-state index in [9.17, 15) is 13.2 Å². The average molecular weight is 373 g/mol. The Balaban J connectivity index is 0. The molecule has 0 aromatic heterocycles. The molecule has 0 rings (SSSR count). The molecule has 1 N–H and O–H groups in total. The largest absolute Gasteiger partial charge is 0.490 e. The fourth-order valence-electron chi connectivity index (χ4n) is 2.64. The van der Waals surface area contributed by atoms with Crippen LogP contribution in [0.1, 0.15) is 79.1 Å². The lowest BCUT2D eigenvalue weighted by Gasteiger charge is -2.28. The Morgan fingerprint density at radius 1 is 0.750 bits per heavy atom. The van der Waals surface area contributed by atoms with Crippen molar-refractivity contribution in [2.75, 3.05) is 24.6 Å². The molecule has 0 radical (unpaired) electrons. The first kappa shape index (κ1) is 25.9. The van der Waals surface area contributed by atoms with Crippen molar-refractivity contribution in [2.24, 2.45) is 0 Å². The summed E-state index contributed by atoms with van der Waals surface area (Å²) >= 11 is 0. The molecule has 0 saturated carbocycles. The van der Waals surface area contributed by atoms with Gasteiger partial charge in [0.25, 0.3) is 0 Å². The average Bonchev–Trinajstić information content (AvgIpc) is 2.53. The number of aliphatic carboxylic acids is 1. The highest BCUT2D eigenvalue weighted by molar-refractivity contribution is 7.75. The number of carboxylic acid groups (broad SMARTS) is 1. The van der Waals surface area contributed by atoms with Crippen molar-refractivity contribution >= 4 is 13.2 Å². The summed E-state index contributed by atoms with van der Waals surface area (Å²) in [6.45, 7) is 9.42. The van der Waals surface area contributed by atoms with Crippen LogP contribution >= 0.6 is 7.26 Å². The summed E-state index contributed by atoms with van der Waals surface area (Å²) < 4.78 is 31.7. The van der Waals surface area contributed by atoms with Gasteiger partial charge in [0, 0.05) is 7.26 Å². The molecule has 0 saturated heterocycles. The van der Waals surface area contributed by atoms with Gasteiger partial charge in [-0.05, 0) is 25.7 Å². The van der Waals surface area contributed by atoms with Crippen LogP contribution < -0.4 is 0 Å². The summed E-state index contributed by atoms with van der Waals surface area (Å²) in [6.07, 6.45) is 12.9. The van der Waals surface area contributed by atoms with Crippen molar-refractivity contribution in [1.82, 2.24) is 0 Å². The van der Waals surface area contributed by atoms with E-state index in [1.54, 1.807) is 24.6 Å². The zero-order valence-corrected chi connectivity index (χ0v) is 16.8. The summed E-state index contributed by atoms with van der Waals surface area (Å²) in [5, 5.41) is 7.12. The van der Waals surface area contributed by atoms with Gasteiger partial charge in [0.05, 0.1) is 24.6 Å². The lowest BCUT2D eigenvalue weighted by Crippen LogP contribution is -2.21. The molecule has 146 valence electrons. The number of carboxylic acids is 1. The Morgan fingerprint density at radius 3 is 1.08 bits per heavy atom. The fraction of sp³-hybridized carbons (Fsp3) is 0.944. The van der Waals surface area contributed by atoms with Crippen molar-refractivity contribution in [3.63, 3.8) is 0 Å². The Labute approximate surface area is 146 Å². The van der Waals surface area contributed by atoms with E-state index in [0.717, 1.165) is 0 Å². The second-order valence-corrected chi connectivity index (χ2v) is 10.9. The second-order valence-electron chi connectivity index (χ2n) is 6.45. The van der Waals surface area contributed by atoms with E-state index in [1.165, 1.54) is 51.4 Å². The molecular weight excluding hydrogens is 336 g/mol. The number of hydrogen-bond donors (Lipinski definition) is 1.